The van der Waals surface area contributed by atoms with Gasteiger partial charge in [0.1, 0.15) is 5.82 Å². The van der Waals surface area contributed by atoms with Crippen LogP contribution in [-0.2, 0) is 0 Å². The van der Waals surface area contributed by atoms with E-state index in [1.165, 1.54) is 19.4 Å². The zero-order valence-electron chi connectivity index (χ0n) is 15.8. The molecule has 0 saturated carbocycles. The van der Waals surface area contributed by atoms with Crippen molar-refractivity contribution < 1.29 is 13.9 Å². The van der Waals surface area contributed by atoms with E-state index in [2.05, 4.69) is 21.5 Å². The lowest BCUT2D eigenvalue weighted by molar-refractivity contribution is 0.0934. The monoisotopic (exact) mass is 369 g/mol. The van der Waals surface area contributed by atoms with Gasteiger partial charge in [-0.05, 0) is 30.2 Å². The summed E-state index contributed by atoms with van der Waals surface area (Å²) in [4.78, 5) is 16.9. The minimum atomic E-state index is -0.560. The number of terminal acetylenes is 1. The number of carbonyl (C=O) groups excluding carboxylic acids is 1. The minimum absolute atomic E-state index is 0.100. The lowest BCUT2D eigenvalue weighted by Crippen LogP contribution is -2.39. The lowest BCUT2D eigenvalue weighted by atomic mass is 9.94. The summed E-state index contributed by atoms with van der Waals surface area (Å²) in [5.74, 6) is 2.25. The first-order chi connectivity index (χ1) is 13.0. The van der Waals surface area contributed by atoms with Gasteiger partial charge < -0.3 is 15.4 Å². The first-order valence-corrected chi connectivity index (χ1v) is 8.87. The third-order valence-corrected chi connectivity index (χ3v) is 4.47. The topological polar surface area (TPSA) is 63.2 Å². The number of benzene rings is 1. The van der Waals surface area contributed by atoms with Gasteiger partial charge in [0.05, 0.1) is 24.4 Å². The predicted molar refractivity (Wildman–Crippen MR) is 105 cm³/mol. The maximum absolute atomic E-state index is 14.4. The molecule has 0 radical (unpaired) electrons. The number of hydrogen-bond acceptors (Lipinski definition) is 4. The fourth-order valence-corrected chi connectivity index (χ4v) is 2.86. The Hall–Kier alpha value is -3.07. The summed E-state index contributed by atoms with van der Waals surface area (Å²) >= 11 is 0. The van der Waals surface area contributed by atoms with E-state index in [0.717, 1.165) is 12.8 Å². The van der Waals surface area contributed by atoms with E-state index < -0.39 is 5.82 Å². The maximum Gasteiger partial charge on any atom is 0.256 e. The molecule has 1 aromatic heterocycles. The summed E-state index contributed by atoms with van der Waals surface area (Å²) in [6, 6.07) is 7.58. The van der Waals surface area contributed by atoms with Crippen LogP contribution in [0.2, 0.25) is 0 Å². The summed E-state index contributed by atoms with van der Waals surface area (Å²) in [5, 5.41) is 5.74. The Balaban J connectivity index is 2.28. The molecule has 142 valence electrons. The summed E-state index contributed by atoms with van der Waals surface area (Å²) in [6.07, 6.45) is 8.85. The van der Waals surface area contributed by atoms with Crippen LogP contribution in [0, 0.1) is 24.1 Å². The lowest BCUT2D eigenvalue weighted by Gasteiger charge is -2.22. The molecule has 1 atom stereocenters. The van der Waals surface area contributed by atoms with E-state index in [1.54, 1.807) is 24.3 Å². The SMILES string of the molecule is C#CC(NC(=O)c1cccnc1Nc1cccc(OC)c1F)C(CC)CC. The normalized spacial score (nSPS) is 11.6. The second-order valence-corrected chi connectivity index (χ2v) is 6.04. The van der Waals surface area contributed by atoms with E-state index >= 15 is 0 Å². The number of pyridine rings is 1. The van der Waals surface area contributed by atoms with Gasteiger partial charge in [-0.1, -0.05) is 38.7 Å². The Morgan fingerprint density at radius 1 is 1.30 bits per heavy atom. The van der Waals surface area contributed by atoms with Crippen LogP contribution in [0.3, 0.4) is 0 Å². The first kappa shape index (κ1) is 20.2. The predicted octanol–water partition coefficient (Wildman–Crippen LogP) is 4.14. The molecule has 1 amide bonds. The summed E-state index contributed by atoms with van der Waals surface area (Å²) in [7, 11) is 1.39. The molecule has 1 aromatic carbocycles. The minimum Gasteiger partial charge on any atom is -0.494 e. The van der Waals surface area contributed by atoms with E-state index in [4.69, 9.17) is 11.2 Å². The highest BCUT2D eigenvalue weighted by molar-refractivity contribution is 5.99. The van der Waals surface area contributed by atoms with Gasteiger partial charge in [0.15, 0.2) is 11.6 Å². The largest absolute Gasteiger partial charge is 0.494 e. The van der Waals surface area contributed by atoms with Crippen LogP contribution in [0.1, 0.15) is 37.0 Å². The maximum atomic E-state index is 14.4. The molecule has 5 nitrogen and oxygen atoms in total. The number of anilines is 2. The molecule has 2 aromatic rings. The summed E-state index contributed by atoms with van der Waals surface area (Å²) in [5.41, 5.74) is 0.446. The number of ether oxygens (including phenoxy) is 1. The molecule has 0 spiro atoms. The van der Waals surface area contributed by atoms with Gasteiger partial charge in [0.2, 0.25) is 0 Å². The first-order valence-electron chi connectivity index (χ1n) is 8.87. The molecule has 0 aliphatic carbocycles. The quantitative estimate of drug-likeness (QED) is 0.687. The van der Waals surface area contributed by atoms with E-state index in [-0.39, 0.29) is 40.7 Å². The number of halogens is 1. The highest BCUT2D eigenvalue weighted by Gasteiger charge is 2.21. The third-order valence-electron chi connectivity index (χ3n) is 4.47. The van der Waals surface area contributed by atoms with Gasteiger partial charge >= 0.3 is 0 Å². The molecule has 0 fully saturated rings. The smallest absolute Gasteiger partial charge is 0.256 e. The zero-order chi connectivity index (χ0) is 19.8. The number of aromatic nitrogens is 1. The van der Waals surface area contributed by atoms with Crippen molar-refractivity contribution in [2.75, 3.05) is 12.4 Å². The van der Waals surface area contributed by atoms with Gasteiger partial charge in [-0.2, -0.15) is 0 Å². The van der Waals surface area contributed by atoms with Crippen molar-refractivity contribution in [2.24, 2.45) is 5.92 Å². The second kappa shape index (κ2) is 9.58. The fraction of sp³-hybridized carbons (Fsp3) is 0.333. The second-order valence-electron chi connectivity index (χ2n) is 6.04. The van der Waals surface area contributed by atoms with Crippen molar-refractivity contribution in [2.45, 2.75) is 32.7 Å². The van der Waals surface area contributed by atoms with Crippen LogP contribution in [0.25, 0.3) is 0 Å². The van der Waals surface area contributed by atoms with Gasteiger partial charge in [-0.3, -0.25) is 4.79 Å². The highest BCUT2D eigenvalue weighted by Crippen LogP contribution is 2.27. The van der Waals surface area contributed by atoms with Crippen molar-refractivity contribution in [3.63, 3.8) is 0 Å². The van der Waals surface area contributed by atoms with Crippen LogP contribution in [0.5, 0.6) is 5.75 Å². The van der Waals surface area contributed by atoms with Crippen molar-refractivity contribution in [1.82, 2.24) is 10.3 Å². The zero-order valence-corrected chi connectivity index (χ0v) is 15.8. The number of amides is 1. The number of nitrogens with zero attached hydrogens (tertiary/aromatic N) is 1. The third kappa shape index (κ3) is 4.76. The van der Waals surface area contributed by atoms with Crippen LogP contribution >= 0.6 is 0 Å². The average Bonchev–Trinajstić information content (AvgIpc) is 2.69. The van der Waals surface area contributed by atoms with Crippen LogP contribution < -0.4 is 15.4 Å². The molecular formula is C21H24FN3O2. The van der Waals surface area contributed by atoms with E-state index in [0.29, 0.717) is 0 Å². The Kier molecular flexibility index (Phi) is 7.18. The Labute approximate surface area is 159 Å². The average molecular weight is 369 g/mol. The van der Waals surface area contributed by atoms with Crippen molar-refractivity contribution in [3.05, 3.63) is 47.9 Å². The Bertz CT molecular complexity index is 828. The molecule has 1 unspecified atom stereocenters. The molecule has 0 aliphatic rings. The molecule has 27 heavy (non-hydrogen) atoms. The molecule has 1 heterocycles. The Morgan fingerprint density at radius 2 is 2.04 bits per heavy atom. The molecule has 2 N–H and O–H groups in total. The van der Waals surface area contributed by atoms with Gasteiger partial charge in [-0.25, -0.2) is 9.37 Å². The summed E-state index contributed by atoms with van der Waals surface area (Å²) < 4.78 is 19.4. The van der Waals surface area contributed by atoms with Crippen molar-refractivity contribution in [3.8, 4) is 18.1 Å². The van der Waals surface area contributed by atoms with Gasteiger partial charge in [0.25, 0.3) is 5.91 Å². The number of methoxy groups -OCH3 is 1. The number of rotatable bonds is 8. The van der Waals surface area contributed by atoms with Gasteiger partial charge in [0, 0.05) is 6.20 Å². The molecule has 0 saturated heterocycles. The molecular weight excluding hydrogens is 345 g/mol. The van der Waals surface area contributed by atoms with E-state index in [1.807, 2.05) is 13.8 Å². The molecule has 0 bridgehead atoms. The standard InChI is InChI=1S/C21H24FN3O2/c1-5-14(6-2)16(7-3)25-21(26)15-10-9-13-23-20(15)24-17-11-8-12-18(27-4)19(17)22/h3,8-14,16H,5-6H2,1-2,4H3,(H,23,24)(H,25,26). The van der Waals surface area contributed by atoms with Crippen molar-refractivity contribution in [1.29, 1.82) is 0 Å². The molecule has 0 aliphatic heterocycles. The van der Waals surface area contributed by atoms with Gasteiger partial charge in [-0.15, -0.1) is 6.42 Å². The van der Waals surface area contributed by atoms with E-state index in [9.17, 15) is 9.18 Å². The molecule has 6 heteroatoms. The van der Waals surface area contributed by atoms with Crippen LogP contribution in [0.4, 0.5) is 15.9 Å². The van der Waals surface area contributed by atoms with Crippen LogP contribution in [0.15, 0.2) is 36.5 Å². The summed E-state index contributed by atoms with van der Waals surface area (Å²) in [6.45, 7) is 4.07. The number of nitrogens with one attached hydrogen (secondary N) is 2. The highest BCUT2D eigenvalue weighted by atomic mass is 19.1. The number of hydrogen-bond donors (Lipinski definition) is 2. The molecule has 2 rings (SSSR count). The van der Waals surface area contributed by atoms with Crippen LogP contribution in [-0.4, -0.2) is 24.0 Å². The van der Waals surface area contributed by atoms with Crippen molar-refractivity contribution >= 4 is 17.4 Å². The Morgan fingerprint density at radius 3 is 2.67 bits per heavy atom. The number of carbonyl (C=O) groups is 1. The fourth-order valence-electron chi connectivity index (χ4n) is 2.86.